The van der Waals surface area contributed by atoms with E-state index in [1.165, 1.54) is 7.11 Å². The van der Waals surface area contributed by atoms with Crippen molar-refractivity contribution in [2.24, 2.45) is 17.3 Å². The van der Waals surface area contributed by atoms with Crippen LogP contribution in [0.2, 0.25) is 0 Å². The third-order valence-electron chi connectivity index (χ3n) is 6.93. The standard InChI is InChI=1S/C21H36O5/c1-8-19(4)11-9-15-20(5,12-10-16(23)25-7)17(18(2,3)24)14(22)13-21(15,6)26-19/h8,14-15,17,22,24H,1,9-13H2,2-7H3/t14-,15+,17-,19+,20+,21+/m1/s1. The summed E-state index contributed by atoms with van der Waals surface area (Å²) in [5.74, 6) is -0.503. The highest BCUT2D eigenvalue weighted by Crippen LogP contribution is 2.61. The van der Waals surface area contributed by atoms with Crippen LogP contribution in [0.15, 0.2) is 12.7 Å². The van der Waals surface area contributed by atoms with Gasteiger partial charge >= 0.3 is 5.97 Å². The van der Waals surface area contributed by atoms with Crippen LogP contribution in [0.1, 0.15) is 66.7 Å². The van der Waals surface area contributed by atoms with Gasteiger partial charge in [-0.2, -0.15) is 0 Å². The molecule has 2 N–H and O–H groups in total. The predicted molar refractivity (Wildman–Crippen MR) is 101 cm³/mol. The van der Waals surface area contributed by atoms with E-state index < -0.39 is 28.3 Å². The van der Waals surface area contributed by atoms with E-state index >= 15 is 0 Å². The molecule has 1 aliphatic carbocycles. The molecule has 26 heavy (non-hydrogen) atoms. The Hall–Kier alpha value is -0.910. The quantitative estimate of drug-likeness (QED) is 0.575. The Morgan fingerprint density at radius 3 is 2.50 bits per heavy atom. The molecule has 0 amide bonds. The van der Waals surface area contributed by atoms with Crippen LogP contribution >= 0.6 is 0 Å². The maximum Gasteiger partial charge on any atom is 0.305 e. The molecule has 1 aliphatic heterocycles. The molecule has 0 aromatic rings. The van der Waals surface area contributed by atoms with E-state index in [2.05, 4.69) is 20.4 Å². The van der Waals surface area contributed by atoms with Gasteiger partial charge in [-0.1, -0.05) is 13.0 Å². The smallest absolute Gasteiger partial charge is 0.305 e. The summed E-state index contributed by atoms with van der Waals surface area (Å²) in [4.78, 5) is 11.8. The molecule has 0 radical (unpaired) electrons. The van der Waals surface area contributed by atoms with E-state index in [-0.39, 0.29) is 24.2 Å². The first-order valence-electron chi connectivity index (χ1n) is 9.62. The second-order valence-corrected chi connectivity index (χ2v) is 9.51. The van der Waals surface area contributed by atoms with Crippen molar-refractivity contribution >= 4 is 5.97 Å². The summed E-state index contributed by atoms with van der Waals surface area (Å²) in [5, 5.41) is 21.9. The van der Waals surface area contributed by atoms with Crippen molar-refractivity contribution in [2.45, 2.75) is 89.6 Å². The minimum atomic E-state index is -1.06. The molecular weight excluding hydrogens is 332 g/mol. The van der Waals surface area contributed by atoms with Crippen LogP contribution in [0, 0.1) is 17.3 Å². The van der Waals surface area contributed by atoms with Gasteiger partial charge in [-0.3, -0.25) is 4.79 Å². The summed E-state index contributed by atoms with van der Waals surface area (Å²) < 4.78 is 11.3. The zero-order chi connectivity index (χ0) is 20.0. The Kier molecular flexibility index (Phi) is 5.69. The fraction of sp³-hybridized carbons (Fsp3) is 0.857. The molecule has 5 nitrogen and oxygen atoms in total. The summed E-state index contributed by atoms with van der Waals surface area (Å²) in [5.41, 5.74) is -2.48. The van der Waals surface area contributed by atoms with Gasteiger partial charge in [0.15, 0.2) is 0 Å². The molecule has 1 heterocycles. The molecule has 2 rings (SSSR count). The number of esters is 1. The van der Waals surface area contributed by atoms with Crippen molar-refractivity contribution in [3.05, 3.63) is 12.7 Å². The van der Waals surface area contributed by atoms with Crippen LogP contribution in [-0.4, -0.2) is 46.2 Å². The molecule has 6 atom stereocenters. The van der Waals surface area contributed by atoms with Crippen molar-refractivity contribution in [1.82, 2.24) is 0 Å². The van der Waals surface area contributed by atoms with Crippen LogP contribution < -0.4 is 0 Å². The number of methoxy groups -OCH3 is 1. The number of hydrogen-bond donors (Lipinski definition) is 2. The van der Waals surface area contributed by atoms with Crippen molar-refractivity contribution in [3.8, 4) is 0 Å². The number of hydrogen-bond acceptors (Lipinski definition) is 5. The van der Waals surface area contributed by atoms with Crippen LogP contribution in [0.5, 0.6) is 0 Å². The Balaban J connectivity index is 2.45. The molecule has 0 aromatic heterocycles. The summed E-state index contributed by atoms with van der Waals surface area (Å²) in [6.07, 6.45) is 4.12. The van der Waals surface area contributed by atoms with E-state index in [0.29, 0.717) is 12.8 Å². The number of carbonyl (C=O) groups is 1. The number of aliphatic hydroxyl groups excluding tert-OH is 1. The number of carbonyl (C=O) groups excluding carboxylic acids is 1. The monoisotopic (exact) mass is 368 g/mol. The van der Waals surface area contributed by atoms with Crippen LogP contribution in [0.3, 0.4) is 0 Å². The molecule has 5 heteroatoms. The van der Waals surface area contributed by atoms with E-state index in [0.717, 1.165) is 12.8 Å². The first kappa shape index (κ1) is 21.4. The zero-order valence-corrected chi connectivity index (χ0v) is 17.2. The average Bonchev–Trinajstić information content (AvgIpc) is 2.49. The van der Waals surface area contributed by atoms with Crippen molar-refractivity contribution in [2.75, 3.05) is 7.11 Å². The van der Waals surface area contributed by atoms with Gasteiger partial charge in [-0.25, -0.2) is 0 Å². The van der Waals surface area contributed by atoms with Gasteiger partial charge in [0.25, 0.3) is 0 Å². The van der Waals surface area contributed by atoms with Gasteiger partial charge in [0.1, 0.15) is 0 Å². The van der Waals surface area contributed by atoms with Gasteiger partial charge in [-0.05, 0) is 58.3 Å². The van der Waals surface area contributed by atoms with Gasteiger partial charge in [0.2, 0.25) is 0 Å². The minimum Gasteiger partial charge on any atom is -0.469 e. The minimum absolute atomic E-state index is 0.118. The van der Waals surface area contributed by atoms with Crippen molar-refractivity contribution < 1.29 is 24.5 Å². The SMILES string of the molecule is C=C[C@@]1(C)CC[C@H]2[C@](C)(CCC(=O)OC)[C@@H](C(C)(C)O)[C@H](O)C[C@]2(C)O1. The highest BCUT2D eigenvalue weighted by molar-refractivity contribution is 5.69. The molecule has 0 bridgehead atoms. The molecule has 2 aliphatic rings. The molecule has 2 fully saturated rings. The largest absolute Gasteiger partial charge is 0.469 e. The lowest BCUT2D eigenvalue weighted by atomic mass is 9.48. The molecule has 0 aromatic carbocycles. The molecule has 1 saturated carbocycles. The number of fused-ring (bicyclic) bond motifs is 1. The van der Waals surface area contributed by atoms with E-state index in [1.807, 2.05) is 13.0 Å². The number of ether oxygens (including phenoxy) is 2. The third kappa shape index (κ3) is 3.71. The topological polar surface area (TPSA) is 76.0 Å². The molecular formula is C21H36O5. The van der Waals surface area contributed by atoms with Crippen LogP contribution in [-0.2, 0) is 14.3 Å². The molecule has 0 spiro atoms. The van der Waals surface area contributed by atoms with Crippen molar-refractivity contribution in [3.63, 3.8) is 0 Å². The first-order chi connectivity index (χ1) is 11.8. The summed E-state index contributed by atoms with van der Waals surface area (Å²) in [6, 6.07) is 0. The lowest BCUT2D eigenvalue weighted by Crippen LogP contribution is -2.66. The normalized spacial score (nSPS) is 43.5. The Morgan fingerprint density at radius 2 is 2.00 bits per heavy atom. The fourth-order valence-electron chi connectivity index (χ4n) is 6.02. The zero-order valence-electron chi connectivity index (χ0n) is 17.2. The lowest BCUT2D eigenvalue weighted by Gasteiger charge is -2.63. The van der Waals surface area contributed by atoms with Gasteiger partial charge in [-0.15, -0.1) is 6.58 Å². The maximum absolute atomic E-state index is 11.8. The predicted octanol–water partition coefficient (Wildman–Crippen LogP) is 3.23. The summed E-state index contributed by atoms with van der Waals surface area (Å²) in [6.45, 7) is 13.6. The number of aliphatic hydroxyl groups is 2. The lowest BCUT2D eigenvalue weighted by molar-refractivity contribution is -0.276. The highest BCUT2D eigenvalue weighted by Gasteiger charge is 2.63. The fourth-order valence-corrected chi connectivity index (χ4v) is 6.02. The maximum atomic E-state index is 11.8. The third-order valence-corrected chi connectivity index (χ3v) is 6.93. The van der Waals surface area contributed by atoms with E-state index in [9.17, 15) is 15.0 Å². The first-order valence-corrected chi connectivity index (χ1v) is 9.62. The number of rotatable bonds is 5. The highest BCUT2D eigenvalue weighted by atomic mass is 16.5. The van der Waals surface area contributed by atoms with Crippen LogP contribution in [0.4, 0.5) is 0 Å². The Labute approximate surface area is 157 Å². The average molecular weight is 369 g/mol. The van der Waals surface area contributed by atoms with Gasteiger partial charge in [0.05, 0.1) is 30.0 Å². The molecule has 1 saturated heterocycles. The van der Waals surface area contributed by atoms with E-state index in [1.54, 1.807) is 13.8 Å². The molecule has 150 valence electrons. The summed E-state index contributed by atoms with van der Waals surface area (Å²) in [7, 11) is 1.39. The molecule has 0 unspecified atom stereocenters. The van der Waals surface area contributed by atoms with Crippen LogP contribution in [0.25, 0.3) is 0 Å². The Bertz CT molecular complexity index is 553. The summed E-state index contributed by atoms with van der Waals surface area (Å²) >= 11 is 0. The second-order valence-electron chi connectivity index (χ2n) is 9.51. The second kappa shape index (κ2) is 6.92. The van der Waals surface area contributed by atoms with Gasteiger partial charge < -0.3 is 19.7 Å². The van der Waals surface area contributed by atoms with Gasteiger partial charge in [0, 0.05) is 18.8 Å². The van der Waals surface area contributed by atoms with E-state index in [4.69, 9.17) is 9.47 Å². The Morgan fingerprint density at radius 1 is 1.38 bits per heavy atom. The van der Waals surface area contributed by atoms with Crippen molar-refractivity contribution in [1.29, 1.82) is 0 Å².